The Morgan fingerprint density at radius 3 is 2.48 bits per heavy atom. The summed E-state index contributed by atoms with van der Waals surface area (Å²) in [4.78, 5) is 21.9. The van der Waals surface area contributed by atoms with Crippen molar-refractivity contribution in [1.29, 1.82) is 0 Å². The molecule has 25 heavy (non-hydrogen) atoms. The van der Waals surface area contributed by atoms with E-state index in [9.17, 15) is 23.3 Å². The summed E-state index contributed by atoms with van der Waals surface area (Å²) in [7, 11) is -3.75. The van der Waals surface area contributed by atoms with E-state index >= 15 is 0 Å². The Hall–Kier alpha value is -2.98. The fraction of sp³-hybridized carbons (Fsp3) is 0.133. The molecule has 0 bridgehead atoms. The van der Waals surface area contributed by atoms with Gasteiger partial charge in [0.1, 0.15) is 0 Å². The lowest BCUT2D eigenvalue weighted by Gasteiger charge is -2.09. The van der Waals surface area contributed by atoms with Gasteiger partial charge >= 0.3 is 6.03 Å². The number of urea groups is 1. The predicted octanol–water partition coefficient (Wildman–Crippen LogP) is 1.96. The summed E-state index contributed by atoms with van der Waals surface area (Å²) in [5, 5.41) is 15.4. The molecule has 0 aliphatic heterocycles. The number of non-ortho nitro benzene ring substituents is 1. The molecule has 0 unspecified atom stereocenters. The highest BCUT2D eigenvalue weighted by atomic mass is 32.2. The molecule has 0 saturated carbocycles. The Balaban J connectivity index is 1.89. The lowest BCUT2D eigenvalue weighted by molar-refractivity contribution is -0.384. The number of benzene rings is 2. The molecular weight excluding hydrogens is 348 g/mol. The van der Waals surface area contributed by atoms with Gasteiger partial charge in [-0.15, -0.1) is 0 Å². The number of nitro benzene ring substituents is 1. The van der Waals surface area contributed by atoms with Crippen molar-refractivity contribution in [2.75, 3.05) is 12.0 Å². The largest absolute Gasteiger partial charge is 0.324 e. The topological polar surface area (TPSA) is 130 Å². The van der Waals surface area contributed by atoms with Gasteiger partial charge in [0.2, 0.25) is 10.0 Å². The lowest BCUT2D eigenvalue weighted by Crippen LogP contribution is -2.39. The summed E-state index contributed by atoms with van der Waals surface area (Å²) >= 11 is 0. The van der Waals surface area contributed by atoms with E-state index in [1.807, 2.05) is 6.92 Å². The monoisotopic (exact) mass is 364 g/mol. The molecule has 3 N–H and O–H groups in total. The molecule has 2 aromatic carbocycles. The van der Waals surface area contributed by atoms with Gasteiger partial charge in [-0.3, -0.25) is 10.1 Å². The minimum atomic E-state index is -3.75. The van der Waals surface area contributed by atoms with Crippen LogP contribution in [0.1, 0.15) is 5.56 Å². The lowest BCUT2D eigenvalue weighted by atomic mass is 10.2. The standard InChI is InChI=1S/C15H16N4O5S/c1-11-5-7-14(8-6-11)25(23,24)17-10-16-15(20)18-12-3-2-4-13(9-12)19(21)22/h2-9,17H,10H2,1H3,(H2,16,18,20). The zero-order chi connectivity index (χ0) is 18.4. The zero-order valence-corrected chi connectivity index (χ0v) is 14.0. The van der Waals surface area contributed by atoms with Crippen molar-refractivity contribution < 1.29 is 18.1 Å². The SMILES string of the molecule is Cc1ccc(S(=O)(=O)NCNC(=O)Nc2cccc([N+](=O)[O-])c2)cc1. The van der Waals surface area contributed by atoms with Crippen molar-refractivity contribution in [3.05, 3.63) is 64.2 Å². The number of anilines is 1. The number of aryl methyl sites for hydroxylation is 1. The van der Waals surface area contributed by atoms with Crippen molar-refractivity contribution in [3.63, 3.8) is 0 Å². The molecule has 0 atom stereocenters. The number of hydrogen-bond acceptors (Lipinski definition) is 5. The Labute approximate surface area is 144 Å². The van der Waals surface area contributed by atoms with E-state index in [1.54, 1.807) is 12.1 Å². The van der Waals surface area contributed by atoms with Gasteiger partial charge < -0.3 is 10.6 Å². The number of sulfonamides is 1. The van der Waals surface area contributed by atoms with Gasteiger partial charge in [-0.25, -0.2) is 13.2 Å². The summed E-state index contributed by atoms with van der Waals surface area (Å²) in [6.07, 6.45) is 0. The Morgan fingerprint density at radius 1 is 1.16 bits per heavy atom. The molecule has 0 saturated heterocycles. The van der Waals surface area contributed by atoms with Crippen LogP contribution < -0.4 is 15.4 Å². The van der Waals surface area contributed by atoms with Crippen molar-refractivity contribution in [1.82, 2.24) is 10.0 Å². The van der Waals surface area contributed by atoms with Crippen molar-refractivity contribution in [2.24, 2.45) is 0 Å². The van der Waals surface area contributed by atoms with Gasteiger partial charge in [0.05, 0.1) is 16.5 Å². The van der Waals surface area contributed by atoms with Crippen LogP contribution in [0.5, 0.6) is 0 Å². The second-order valence-corrected chi connectivity index (χ2v) is 6.84. The van der Waals surface area contributed by atoms with Crippen LogP contribution in [0.2, 0.25) is 0 Å². The molecule has 0 radical (unpaired) electrons. The first kappa shape index (κ1) is 18.4. The molecule has 9 nitrogen and oxygen atoms in total. The van der Waals surface area contributed by atoms with Crippen LogP contribution >= 0.6 is 0 Å². The minimum Gasteiger partial charge on any atom is -0.324 e. The second-order valence-electron chi connectivity index (χ2n) is 5.08. The van der Waals surface area contributed by atoms with Gasteiger partial charge in [-0.1, -0.05) is 23.8 Å². The van der Waals surface area contributed by atoms with Crippen LogP contribution in [0.4, 0.5) is 16.2 Å². The Kier molecular flexibility index (Phi) is 5.67. The van der Waals surface area contributed by atoms with Gasteiger partial charge in [-0.05, 0) is 25.1 Å². The zero-order valence-electron chi connectivity index (χ0n) is 13.2. The molecule has 0 heterocycles. The van der Waals surface area contributed by atoms with Crippen molar-refractivity contribution in [2.45, 2.75) is 11.8 Å². The first-order valence-corrected chi connectivity index (χ1v) is 8.62. The first-order chi connectivity index (χ1) is 11.8. The highest BCUT2D eigenvalue weighted by Crippen LogP contribution is 2.16. The minimum absolute atomic E-state index is 0.0824. The normalized spacial score (nSPS) is 10.9. The molecule has 0 aliphatic rings. The summed E-state index contributed by atoms with van der Waals surface area (Å²) in [6.45, 7) is 1.50. The van der Waals surface area contributed by atoms with Crippen molar-refractivity contribution >= 4 is 27.4 Å². The van der Waals surface area contributed by atoms with Crippen LogP contribution in [-0.4, -0.2) is 26.0 Å². The second kappa shape index (κ2) is 7.73. The molecule has 0 aromatic heterocycles. The number of nitrogens with one attached hydrogen (secondary N) is 3. The van der Waals surface area contributed by atoms with E-state index in [1.165, 1.54) is 36.4 Å². The van der Waals surface area contributed by atoms with E-state index in [-0.39, 0.29) is 22.9 Å². The van der Waals surface area contributed by atoms with Crippen LogP contribution in [0, 0.1) is 17.0 Å². The highest BCUT2D eigenvalue weighted by molar-refractivity contribution is 7.89. The van der Waals surface area contributed by atoms with E-state index < -0.39 is 21.0 Å². The Bertz CT molecular complexity index is 881. The molecule has 2 aromatic rings. The first-order valence-electron chi connectivity index (χ1n) is 7.13. The maximum absolute atomic E-state index is 12.0. The number of nitrogens with zero attached hydrogens (tertiary/aromatic N) is 1. The number of hydrogen-bond donors (Lipinski definition) is 3. The maximum atomic E-state index is 12.0. The fourth-order valence-electron chi connectivity index (χ4n) is 1.88. The highest BCUT2D eigenvalue weighted by Gasteiger charge is 2.13. The number of rotatable bonds is 6. The Morgan fingerprint density at radius 2 is 1.84 bits per heavy atom. The molecule has 2 rings (SSSR count). The summed E-state index contributed by atoms with van der Waals surface area (Å²) in [5.74, 6) is 0. The molecule has 0 fully saturated rings. The number of nitro groups is 1. The third-order valence-electron chi connectivity index (χ3n) is 3.16. The summed E-state index contributed by atoms with van der Waals surface area (Å²) in [5.41, 5.74) is 0.972. The van der Waals surface area contributed by atoms with Crippen LogP contribution in [-0.2, 0) is 10.0 Å². The average molecular weight is 364 g/mol. The van der Waals surface area contributed by atoms with Gasteiger partial charge in [0.25, 0.3) is 5.69 Å². The molecule has 10 heteroatoms. The third-order valence-corrected chi connectivity index (χ3v) is 4.57. The smallest absolute Gasteiger partial charge is 0.320 e. The van der Waals surface area contributed by atoms with E-state index in [0.717, 1.165) is 5.56 Å². The fourth-order valence-corrected chi connectivity index (χ4v) is 2.81. The van der Waals surface area contributed by atoms with Gasteiger partial charge in [-0.2, -0.15) is 4.72 Å². The third kappa shape index (κ3) is 5.26. The van der Waals surface area contributed by atoms with Crippen molar-refractivity contribution in [3.8, 4) is 0 Å². The van der Waals surface area contributed by atoms with Gasteiger partial charge in [0, 0.05) is 17.8 Å². The number of carbonyl (C=O) groups excluding carboxylic acids is 1. The molecular formula is C15H16N4O5S. The van der Waals surface area contributed by atoms with Gasteiger partial charge in [0.15, 0.2) is 0 Å². The number of carbonyl (C=O) groups is 1. The molecule has 0 spiro atoms. The predicted molar refractivity (Wildman–Crippen MR) is 91.6 cm³/mol. The summed E-state index contributed by atoms with van der Waals surface area (Å²) < 4.78 is 26.3. The van der Waals surface area contributed by atoms with Crippen LogP contribution in [0.3, 0.4) is 0 Å². The number of amides is 2. The van der Waals surface area contributed by atoms with E-state index in [0.29, 0.717) is 0 Å². The molecule has 132 valence electrons. The average Bonchev–Trinajstić information content (AvgIpc) is 2.55. The molecule has 2 amide bonds. The summed E-state index contributed by atoms with van der Waals surface area (Å²) in [6, 6.07) is 10.9. The molecule has 0 aliphatic carbocycles. The quantitative estimate of drug-likeness (QED) is 0.410. The van der Waals surface area contributed by atoms with Crippen LogP contribution in [0.25, 0.3) is 0 Å². The van der Waals surface area contributed by atoms with E-state index in [2.05, 4.69) is 15.4 Å². The maximum Gasteiger partial charge on any atom is 0.320 e. The van der Waals surface area contributed by atoms with Crippen LogP contribution in [0.15, 0.2) is 53.4 Å². The van der Waals surface area contributed by atoms with E-state index in [4.69, 9.17) is 0 Å².